The van der Waals surface area contributed by atoms with Gasteiger partial charge in [-0.3, -0.25) is 4.79 Å². The summed E-state index contributed by atoms with van der Waals surface area (Å²) in [6, 6.07) is 8.82. The molecule has 0 heterocycles. The number of phenols is 1. The van der Waals surface area contributed by atoms with Gasteiger partial charge < -0.3 is 9.84 Å². The summed E-state index contributed by atoms with van der Waals surface area (Å²) in [7, 11) is 1.56. The van der Waals surface area contributed by atoms with Gasteiger partial charge in [-0.2, -0.15) is 0 Å². The number of hydrogen-bond donors (Lipinski definition) is 1. The fourth-order valence-electron chi connectivity index (χ4n) is 1.69. The van der Waals surface area contributed by atoms with Crippen molar-refractivity contribution >= 4 is 16.6 Å². The van der Waals surface area contributed by atoms with E-state index in [-0.39, 0.29) is 11.5 Å². The van der Waals surface area contributed by atoms with Crippen LogP contribution in [0.5, 0.6) is 11.5 Å². The highest BCUT2D eigenvalue weighted by atomic mass is 16.5. The average Bonchev–Trinajstić information content (AvgIpc) is 2.28. The predicted molar refractivity (Wildman–Crippen MR) is 62.2 cm³/mol. The summed E-state index contributed by atoms with van der Waals surface area (Å²) < 4.78 is 5.08. The number of phenolic OH excluding ortho intramolecular Hbond substituents is 1. The fraction of sp³-hybridized carbons (Fsp3) is 0.154. The number of carbonyl (C=O) groups is 1. The highest BCUT2D eigenvalue weighted by Crippen LogP contribution is 2.31. The van der Waals surface area contributed by atoms with Gasteiger partial charge in [-0.15, -0.1) is 0 Å². The molecule has 16 heavy (non-hydrogen) atoms. The lowest BCUT2D eigenvalue weighted by Crippen LogP contribution is -1.93. The lowest BCUT2D eigenvalue weighted by molar-refractivity contribution is 0.101. The van der Waals surface area contributed by atoms with Gasteiger partial charge in [0.2, 0.25) is 0 Å². The summed E-state index contributed by atoms with van der Waals surface area (Å²) in [5, 5.41) is 11.5. The van der Waals surface area contributed by atoms with Crippen LogP contribution in [0.2, 0.25) is 0 Å². The molecule has 1 N–H and O–H groups in total. The predicted octanol–water partition coefficient (Wildman–Crippen LogP) is 2.76. The Morgan fingerprint density at radius 3 is 2.56 bits per heavy atom. The third kappa shape index (κ3) is 1.60. The maximum absolute atomic E-state index is 11.3. The van der Waals surface area contributed by atoms with Crippen LogP contribution in [-0.4, -0.2) is 18.0 Å². The summed E-state index contributed by atoms with van der Waals surface area (Å²) in [4.78, 5) is 11.3. The Bertz CT molecular complexity index is 558. The number of benzene rings is 2. The highest BCUT2D eigenvalue weighted by molar-refractivity contribution is 6.03. The number of ketones is 1. The first-order valence-corrected chi connectivity index (χ1v) is 4.94. The molecule has 3 nitrogen and oxygen atoms in total. The van der Waals surface area contributed by atoms with Gasteiger partial charge in [-0.1, -0.05) is 12.1 Å². The largest absolute Gasteiger partial charge is 0.507 e. The molecule has 2 aromatic carbocycles. The van der Waals surface area contributed by atoms with Crippen LogP contribution in [0.1, 0.15) is 17.3 Å². The second-order valence-corrected chi connectivity index (χ2v) is 3.60. The second-order valence-electron chi connectivity index (χ2n) is 3.60. The summed E-state index contributed by atoms with van der Waals surface area (Å²) in [5.74, 6) is 0.523. The van der Waals surface area contributed by atoms with E-state index in [0.29, 0.717) is 16.7 Å². The molecule has 2 rings (SSSR count). The van der Waals surface area contributed by atoms with E-state index in [1.165, 1.54) is 6.92 Å². The zero-order chi connectivity index (χ0) is 11.7. The van der Waals surface area contributed by atoms with Crippen molar-refractivity contribution in [3.63, 3.8) is 0 Å². The average molecular weight is 216 g/mol. The van der Waals surface area contributed by atoms with Gasteiger partial charge in [0.15, 0.2) is 5.78 Å². The molecule has 0 bridgehead atoms. The first-order chi connectivity index (χ1) is 7.63. The van der Waals surface area contributed by atoms with E-state index in [2.05, 4.69) is 0 Å². The van der Waals surface area contributed by atoms with Crippen LogP contribution in [0.25, 0.3) is 10.8 Å². The summed E-state index contributed by atoms with van der Waals surface area (Å²) in [6.45, 7) is 1.43. The van der Waals surface area contributed by atoms with Gasteiger partial charge >= 0.3 is 0 Å². The summed E-state index contributed by atoms with van der Waals surface area (Å²) >= 11 is 0. The van der Waals surface area contributed by atoms with E-state index in [1.807, 2.05) is 18.2 Å². The molecule has 0 aromatic heterocycles. The number of aromatic hydroxyl groups is 1. The Balaban J connectivity index is 2.75. The molecular weight excluding hydrogens is 204 g/mol. The van der Waals surface area contributed by atoms with Crippen molar-refractivity contribution in [2.45, 2.75) is 6.92 Å². The van der Waals surface area contributed by atoms with Gasteiger partial charge in [0.1, 0.15) is 11.5 Å². The molecule has 0 unspecified atom stereocenters. The molecule has 0 spiro atoms. The molecule has 2 aromatic rings. The van der Waals surface area contributed by atoms with Crippen LogP contribution < -0.4 is 4.74 Å². The van der Waals surface area contributed by atoms with Crippen molar-refractivity contribution in [1.29, 1.82) is 0 Å². The van der Waals surface area contributed by atoms with Crippen LogP contribution in [0.3, 0.4) is 0 Å². The molecule has 0 aliphatic carbocycles. The van der Waals surface area contributed by atoms with E-state index in [0.717, 1.165) is 5.39 Å². The first kappa shape index (κ1) is 10.5. The fourth-order valence-corrected chi connectivity index (χ4v) is 1.69. The van der Waals surface area contributed by atoms with E-state index < -0.39 is 0 Å². The van der Waals surface area contributed by atoms with Crippen molar-refractivity contribution in [1.82, 2.24) is 0 Å². The van der Waals surface area contributed by atoms with E-state index >= 15 is 0 Å². The normalized spacial score (nSPS) is 10.4. The van der Waals surface area contributed by atoms with E-state index in [4.69, 9.17) is 4.74 Å². The van der Waals surface area contributed by atoms with Crippen molar-refractivity contribution in [3.8, 4) is 11.5 Å². The quantitative estimate of drug-likeness (QED) is 0.785. The molecule has 0 radical (unpaired) electrons. The first-order valence-electron chi connectivity index (χ1n) is 4.94. The monoisotopic (exact) mass is 216 g/mol. The van der Waals surface area contributed by atoms with Gasteiger partial charge in [0.05, 0.1) is 12.7 Å². The van der Waals surface area contributed by atoms with E-state index in [9.17, 15) is 9.90 Å². The van der Waals surface area contributed by atoms with Crippen molar-refractivity contribution in [3.05, 3.63) is 35.9 Å². The van der Waals surface area contributed by atoms with Crippen LogP contribution in [0.15, 0.2) is 30.3 Å². The standard InChI is InChI=1S/C13H12O3/c1-8(14)11-6-4-9-3-5-10(16-2)7-12(9)13(11)15/h3-7,15H,1-2H3. The van der Waals surface area contributed by atoms with Crippen molar-refractivity contribution in [2.75, 3.05) is 7.11 Å². The van der Waals surface area contributed by atoms with Crippen molar-refractivity contribution < 1.29 is 14.6 Å². The number of Topliss-reactive ketones (excluding diaryl/α,β-unsaturated/α-hetero) is 1. The Hall–Kier alpha value is -2.03. The Labute approximate surface area is 93.3 Å². The maximum Gasteiger partial charge on any atom is 0.163 e. The molecule has 3 heteroatoms. The zero-order valence-corrected chi connectivity index (χ0v) is 9.15. The lowest BCUT2D eigenvalue weighted by Gasteiger charge is -2.07. The molecule has 0 aliphatic heterocycles. The topological polar surface area (TPSA) is 46.5 Å². The van der Waals surface area contributed by atoms with Crippen LogP contribution in [-0.2, 0) is 0 Å². The summed E-state index contributed by atoms with van der Waals surface area (Å²) in [6.07, 6.45) is 0. The zero-order valence-electron chi connectivity index (χ0n) is 9.15. The lowest BCUT2D eigenvalue weighted by atomic mass is 10.0. The molecule has 82 valence electrons. The molecular formula is C13H12O3. The highest BCUT2D eigenvalue weighted by Gasteiger charge is 2.10. The Kier molecular flexibility index (Phi) is 2.52. The third-order valence-electron chi connectivity index (χ3n) is 2.58. The minimum Gasteiger partial charge on any atom is -0.507 e. The Morgan fingerprint density at radius 1 is 1.25 bits per heavy atom. The SMILES string of the molecule is COc1ccc2ccc(C(C)=O)c(O)c2c1. The third-order valence-corrected chi connectivity index (χ3v) is 2.58. The number of fused-ring (bicyclic) bond motifs is 1. The minimum absolute atomic E-state index is 0.0175. The van der Waals surface area contributed by atoms with Crippen LogP contribution >= 0.6 is 0 Å². The molecule has 0 amide bonds. The second kappa shape index (κ2) is 3.85. The molecule has 0 atom stereocenters. The smallest absolute Gasteiger partial charge is 0.163 e. The number of methoxy groups -OCH3 is 1. The molecule has 0 saturated heterocycles. The number of ether oxygens (including phenoxy) is 1. The maximum atomic E-state index is 11.3. The van der Waals surface area contributed by atoms with Gasteiger partial charge in [-0.05, 0) is 30.5 Å². The number of carbonyl (C=O) groups excluding carboxylic acids is 1. The molecule has 0 aliphatic rings. The molecule has 0 saturated carbocycles. The number of rotatable bonds is 2. The van der Waals surface area contributed by atoms with Gasteiger partial charge in [-0.25, -0.2) is 0 Å². The summed E-state index contributed by atoms with van der Waals surface area (Å²) in [5.41, 5.74) is 0.334. The number of hydrogen-bond acceptors (Lipinski definition) is 3. The van der Waals surface area contributed by atoms with E-state index in [1.54, 1.807) is 19.2 Å². The Morgan fingerprint density at radius 2 is 1.94 bits per heavy atom. The van der Waals surface area contributed by atoms with Gasteiger partial charge in [0, 0.05) is 5.39 Å². The van der Waals surface area contributed by atoms with Crippen LogP contribution in [0.4, 0.5) is 0 Å². The van der Waals surface area contributed by atoms with Crippen LogP contribution in [0, 0.1) is 0 Å². The van der Waals surface area contributed by atoms with Gasteiger partial charge in [0.25, 0.3) is 0 Å². The molecule has 0 fully saturated rings. The minimum atomic E-state index is -0.151. The van der Waals surface area contributed by atoms with Crippen molar-refractivity contribution in [2.24, 2.45) is 0 Å².